The van der Waals surface area contributed by atoms with Crippen LogP contribution in [0.2, 0.25) is 0 Å². The Morgan fingerprint density at radius 1 is 1.24 bits per heavy atom. The lowest BCUT2D eigenvalue weighted by Crippen LogP contribution is -2.50. The van der Waals surface area contributed by atoms with E-state index in [2.05, 4.69) is 50.4 Å². The molecule has 4 heteroatoms. The number of benzene rings is 1. The Kier molecular flexibility index (Phi) is 5.16. The number of likely N-dealkylation sites (tertiary alicyclic amines) is 1. The van der Waals surface area contributed by atoms with Crippen molar-refractivity contribution in [3.63, 3.8) is 0 Å². The molecule has 2 fully saturated rings. The van der Waals surface area contributed by atoms with Crippen LogP contribution >= 0.6 is 0 Å². The first-order valence-corrected chi connectivity index (χ1v) is 9.50. The first-order valence-electron chi connectivity index (χ1n) is 9.50. The molecule has 1 aliphatic carbocycles. The van der Waals surface area contributed by atoms with Crippen LogP contribution in [-0.2, 0) is 16.1 Å². The minimum absolute atomic E-state index is 0.0526. The highest BCUT2D eigenvalue weighted by Gasteiger charge is 2.38. The molecule has 1 aliphatic heterocycles. The highest BCUT2D eigenvalue weighted by atomic mass is 16.2. The Balaban J connectivity index is 1.56. The molecule has 2 aliphatic rings. The van der Waals surface area contributed by atoms with Gasteiger partial charge in [0.1, 0.15) is 0 Å². The Morgan fingerprint density at radius 3 is 2.52 bits per heavy atom. The number of rotatable bonds is 4. The van der Waals surface area contributed by atoms with Gasteiger partial charge in [-0.2, -0.15) is 0 Å². The van der Waals surface area contributed by atoms with Crippen LogP contribution in [0.15, 0.2) is 24.3 Å². The van der Waals surface area contributed by atoms with Gasteiger partial charge in [0.25, 0.3) is 0 Å². The number of nitrogens with one attached hydrogen (secondary N) is 1. The van der Waals surface area contributed by atoms with Gasteiger partial charge in [0, 0.05) is 25.0 Å². The molecule has 1 saturated heterocycles. The maximum atomic E-state index is 12.7. The monoisotopic (exact) mass is 342 g/mol. The molecule has 0 aromatic heterocycles. The zero-order valence-corrected chi connectivity index (χ0v) is 15.7. The molecule has 25 heavy (non-hydrogen) atoms. The summed E-state index contributed by atoms with van der Waals surface area (Å²) < 4.78 is 0. The Morgan fingerprint density at radius 2 is 1.88 bits per heavy atom. The van der Waals surface area contributed by atoms with E-state index in [0.29, 0.717) is 19.5 Å². The Bertz CT molecular complexity index is 630. The van der Waals surface area contributed by atoms with Gasteiger partial charge in [0.05, 0.1) is 5.92 Å². The fraction of sp³-hybridized carbons (Fsp3) is 0.619. The summed E-state index contributed by atoms with van der Waals surface area (Å²) in [5, 5.41) is 3.25. The van der Waals surface area contributed by atoms with Crippen molar-refractivity contribution in [2.24, 2.45) is 11.8 Å². The molecule has 0 bridgehead atoms. The molecule has 0 spiro atoms. The number of carbonyl (C=O) groups excluding carboxylic acids is 2. The second-order valence-corrected chi connectivity index (χ2v) is 8.39. The topological polar surface area (TPSA) is 49.4 Å². The van der Waals surface area contributed by atoms with Crippen molar-refractivity contribution in [2.45, 2.75) is 65.0 Å². The molecule has 1 aromatic rings. The third-order valence-corrected chi connectivity index (χ3v) is 5.88. The number of amides is 2. The largest absolute Gasteiger partial charge is 0.351 e. The van der Waals surface area contributed by atoms with E-state index >= 15 is 0 Å². The van der Waals surface area contributed by atoms with Crippen molar-refractivity contribution < 1.29 is 9.59 Å². The van der Waals surface area contributed by atoms with Crippen molar-refractivity contribution >= 4 is 11.8 Å². The highest BCUT2D eigenvalue weighted by molar-refractivity contribution is 5.89. The molecule has 1 unspecified atom stereocenters. The molecule has 1 saturated carbocycles. The van der Waals surface area contributed by atoms with E-state index in [9.17, 15) is 9.59 Å². The summed E-state index contributed by atoms with van der Waals surface area (Å²) >= 11 is 0. The smallest absolute Gasteiger partial charge is 0.225 e. The van der Waals surface area contributed by atoms with Crippen molar-refractivity contribution in [2.75, 3.05) is 6.54 Å². The Hall–Kier alpha value is -1.84. The van der Waals surface area contributed by atoms with Gasteiger partial charge in [-0.3, -0.25) is 9.59 Å². The summed E-state index contributed by atoms with van der Waals surface area (Å²) in [4.78, 5) is 26.8. The van der Waals surface area contributed by atoms with Gasteiger partial charge in [-0.05, 0) is 51.0 Å². The average molecular weight is 342 g/mol. The molecule has 4 nitrogen and oxygen atoms in total. The average Bonchev–Trinajstić information content (AvgIpc) is 2.94. The third kappa shape index (κ3) is 4.42. The quantitative estimate of drug-likeness (QED) is 0.911. The van der Waals surface area contributed by atoms with Crippen LogP contribution in [0.4, 0.5) is 0 Å². The van der Waals surface area contributed by atoms with E-state index < -0.39 is 0 Å². The zero-order valence-electron chi connectivity index (χ0n) is 15.7. The van der Waals surface area contributed by atoms with Crippen LogP contribution in [0.5, 0.6) is 0 Å². The van der Waals surface area contributed by atoms with Gasteiger partial charge in [-0.1, -0.05) is 36.8 Å². The lowest BCUT2D eigenvalue weighted by Gasteiger charge is -2.37. The van der Waals surface area contributed by atoms with Crippen molar-refractivity contribution in [3.8, 4) is 0 Å². The maximum absolute atomic E-state index is 12.7. The fourth-order valence-electron chi connectivity index (χ4n) is 3.94. The number of carbonyl (C=O) groups is 2. The van der Waals surface area contributed by atoms with Crippen molar-refractivity contribution in [1.82, 2.24) is 10.2 Å². The first-order chi connectivity index (χ1) is 11.8. The molecular formula is C21H30N2O2. The Labute approximate surface area is 151 Å². The van der Waals surface area contributed by atoms with Crippen molar-refractivity contribution in [1.29, 1.82) is 0 Å². The second kappa shape index (κ2) is 7.19. The van der Waals surface area contributed by atoms with E-state index in [4.69, 9.17) is 0 Å². The van der Waals surface area contributed by atoms with E-state index in [1.807, 2.05) is 4.90 Å². The molecule has 1 N–H and O–H groups in total. The summed E-state index contributed by atoms with van der Waals surface area (Å²) in [7, 11) is 0. The summed E-state index contributed by atoms with van der Waals surface area (Å²) in [6.45, 7) is 7.61. The van der Waals surface area contributed by atoms with Crippen LogP contribution in [0, 0.1) is 18.8 Å². The zero-order chi connectivity index (χ0) is 18.0. The summed E-state index contributed by atoms with van der Waals surface area (Å²) in [5.41, 5.74) is 2.23. The van der Waals surface area contributed by atoms with Crippen LogP contribution in [-0.4, -0.2) is 28.8 Å². The van der Waals surface area contributed by atoms with Crippen molar-refractivity contribution in [3.05, 3.63) is 35.4 Å². The molecule has 1 aromatic carbocycles. The van der Waals surface area contributed by atoms with E-state index in [-0.39, 0.29) is 23.3 Å². The molecule has 2 amide bonds. The lowest BCUT2D eigenvalue weighted by molar-refractivity contribution is -0.130. The second-order valence-electron chi connectivity index (χ2n) is 8.39. The summed E-state index contributed by atoms with van der Waals surface area (Å²) in [5.74, 6) is 0.678. The van der Waals surface area contributed by atoms with Gasteiger partial charge in [0.2, 0.25) is 11.8 Å². The fourth-order valence-corrected chi connectivity index (χ4v) is 3.94. The predicted octanol–water partition coefficient (Wildman–Crippen LogP) is 3.43. The molecule has 1 heterocycles. The number of nitrogens with zero attached hydrogens (tertiary/aromatic N) is 1. The summed E-state index contributed by atoms with van der Waals surface area (Å²) in [6, 6.07) is 8.23. The molecular weight excluding hydrogens is 312 g/mol. The van der Waals surface area contributed by atoms with E-state index in [1.165, 1.54) is 18.4 Å². The standard InChI is InChI=1S/C21H30N2O2/c1-15-4-6-17(7-5-15)13-23-14-18(12-19(23)24)20(25)22-21(3)10-8-16(2)9-11-21/h4-7,16,18H,8-14H2,1-3H3,(H,22,25). The van der Waals surface area contributed by atoms with E-state index in [1.54, 1.807) is 0 Å². The number of hydrogen-bond donors (Lipinski definition) is 1. The first kappa shape index (κ1) is 18.0. The van der Waals surface area contributed by atoms with Crippen LogP contribution in [0.3, 0.4) is 0 Å². The number of aryl methyl sites for hydroxylation is 1. The molecule has 3 rings (SSSR count). The predicted molar refractivity (Wildman–Crippen MR) is 98.9 cm³/mol. The van der Waals surface area contributed by atoms with Crippen LogP contribution < -0.4 is 5.32 Å². The minimum Gasteiger partial charge on any atom is -0.351 e. The highest BCUT2D eigenvalue weighted by Crippen LogP contribution is 2.32. The van der Waals surface area contributed by atoms with Gasteiger partial charge in [-0.15, -0.1) is 0 Å². The lowest BCUT2D eigenvalue weighted by atomic mass is 9.78. The normalized spacial score (nSPS) is 29.7. The maximum Gasteiger partial charge on any atom is 0.225 e. The third-order valence-electron chi connectivity index (χ3n) is 5.88. The summed E-state index contributed by atoms with van der Waals surface area (Å²) in [6.07, 6.45) is 4.74. The van der Waals surface area contributed by atoms with Crippen LogP contribution in [0.25, 0.3) is 0 Å². The SMILES string of the molecule is Cc1ccc(CN2CC(C(=O)NC3(C)CCC(C)CC3)CC2=O)cc1. The van der Waals surface area contributed by atoms with Gasteiger partial charge in [0.15, 0.2) is 0 Å². The number of hydrogen-bond acceptors (Lipinski definition) is 2. The van der Waals surface area contributed by atoms with Crippen LogP contribution in [0.1, 0.15) is 57.1 Å². The molecule has 0 radical (unpaired) electrons. The molecule has 1 atom stereocenters. The molecule has 136 valence electrons. The van der Waals surface area contributed by atoms with Gasteiger partial charge >= 0.3 is 0 Å². The van der Waals surface area contributed by atoms with Gasteiger partial charge in [-0.25, -0.2) is 0 Å². The van der Waals surface area contributed by atoms with E-state index in [0.717, 1.165) is 24.3 Å². The van der Waals surface area contributed by atoms with Gasteiger partial charge < -0.3 is 10.2 Å². The minimum atomic E-state index is -0.214.